The molecule has 0 aliphatic rings. The Morgan fingerprint density at radius 2 is 0.645 bits per heavy atom. The fourth-order valence-electron chi connectivity index (χ4n) is 8.07. The summed E-state index contributed by atoms with van der Waals surface area (Å²) in [6.07, 6.45) is 37.8. The van der Waals surface area contributed by atoms with E-state index in [-0.39, 0.29) is 23.9 Å². The highest BCUT2D eigenvalue weighted by Crippen LogP contribution is 2.18. The van der Waals surface area contributed by atoms with Crippen molar-refractivity contribution in [2.75, 3.05) is 67.6 Å². The summed E-state index contributed by atoms with van der Waals surface area (Å²) < 4.78 is 23.5. The number of esters is 4. The number of quaternary nitrogens is 2. The van der Waals surface area contributed by atoms with Crippen molar-refractivity contribution in [3.63, 3.8) is 0 Å². The smallest absolute Gasteiger partial charge is 0.308 e. The Labute approximate surface area is 382 Å². The molecule has 10 nitrogen and oxygen atoms in total. The zero-order valence-corrected chi connectivity index (χ0v) is 42.0. The van der Waals surface area contributed by atoms with Crippen molar-refractivity contribution in [3.8, 4) is 0 Å². The maximum absolute atomic E-state index is 12.9. The number of carbonyl (C=O) groups is 4. The van der Waals surface area contributed by atoms with Crippen molar-refractivity contribution >= 4 is 23.9 Å². The van der Waals surface area contributed by atoms with Crippen LogP contribution < -0.4 is 0 Å². The first-order valence-corrected chi connectivity index (χ1v) is 26.1. The lowest BCUT2D eigenvalue weighted by Gasteiger charge is -2.29. The number of carbonyl (C=O) groups excluding carboxylic acids is 4. The molecule has 0 atom stereocenters. The molecular weight excluding hydrogens is 781 g/mol. The van der Waals surface area contributed by atoms with Gasteiger partial charge in [-0.05, 0) is 44.9 Å². The van der Waals surface area contributed by atoms with Gasteiger partial charge in [0.05, 0.1) is 41.3 Å². The quantitative estimate of drug-likeness (QED) is 0.0196. The number of rotatable bonds is 46. The summed E-state index contributed by atoms with van der Waals surface area (Å²) in [5, 5.41) is 0. The average molecular weight is 883 g/mol. The van der Waals surface area contributed by atoms with Crippen LogP contribution in [0, 0.1) is 0 Å². The molecule has 0 N–H and O–H groups in total. The molecule has 0 saturated heterocycles. The molecule has 0 aliphatic heterocycles. The molecule has 0 aromatic carbocycles. The summed E-state index contributed by atoms with van der Waals surface area (Å²) in [5.74, 6) is -0.899. The number of hydrogen-bond donors (Lipinski definition) is 0. The minimum absolute atomic E-state index is 0.208. The zero-order chi connectivity index (χ0) is 46.0. The fraction of sp³-hybridized carbons (Fsp3) is 0.923. The third-order valence-electron chi connectivity index (χ3n) is 12.4. The van der Waals surface area contributed by atoms with E-state index in [1.54, 1.807) is 0 Å². The second-order valence-corrected chi connectivity index (χ2v) is 19.8. The van der Waals surface area contributed by atoms with Crippen LogP contribution in [0.5, 0.6) is 0 Å². The van der Waals surface area contributed by atoms with Gasteiger partial charge in [0, 0.05) is 33.1 Å². The standard InChI is InChI=1S/C52H102N2O8/c1-8-9-10-11-12-13-14-15-16-21-26-31-36-41-52(61-50(57)39-34-29-24-19-17-22-27-32-37-42-53(4,5)44-46-59-48(2)55)62-51(58)40-35-30-25-20-18-23-28-33-38-43-54(6,7)45-47-60-49(3)56/h52H,8-47H2,1-7H3/q+2. The summed E-state index contributed by atoms with van der Waals surface area (Å²) in [4.78, 5) is 47.7. The van der Waals surface area contributed by atoms with Crippen LogP contribution in [0.3, 0.4) is 0 Å². The SMILES string of the molecule is CCCCCCCCCCCCCCCC(OC(=O)CCCCCCCCCCC[N+](C)(C)CCOC(C)=O)OC(=O)CCCCCCCCCCC[N+](C)(C)CCOC(C)=O. The van der Waals surface area contributed by atoms with E-state index in [0.717, 1.165) is 86.5 Å². The van der Waals surface area contributed by atoms with Crippen molar-refractivity contribution in [2.24, 2.45) is 0 Å². The highest BCUT2D eigenvalue weighted by atomic mass is 16.7. The second kappa shape index (κ2) is 41.5. The van der Waals surface area contributed by atoms with Crippen LogP contribution in [0.1, 0.15) is 239 Å². The van der Waals surface area contributed by atoms with E-state index in [9.17, 15) is 19.2 Å². The summed E-state index contributed by atoms with van der Waals surface area (Å²) in [7, 11) is 8.79. The molecule has 0 aromatic heterocycles. The van der Waals surface area contributed by atoms with Gasteiger partial charge in [-0.15, -0.1) is 0 Å². The third-order valence-corrected chi connectivity index (χ3v) is 12.4. The molecule has 0 amide bonds. The molecule has 0 aromatic rings. The van der Waals surface area contributed by atoms with Gasteiger partial charge in [-0.2, -0.15) is 0 Å². The van der Waals surface area contributed by atoms with Crippen LogP contribution in [0.15, 0.2) is 0 Å². The van der Waals surface area contributed by atoms with E-state index in [0.29, 0.717) is 32.5 Å². The Bertz CT molecular complexity index is 1010. The van der Waals surface area contributed by atoms with Crippen LogP contribution in [0.25, 0.3) is 0 Å². The molecule has 0 radical (unpaired) electrons. The Balaban J connectivity index is 4.34. The molecule has 0 spiro atoms. The summed E-state index contributed by atoms with van der Waals surface area (Å²) in [6, 6.07) is 0. The lowest BCUT2D eigenvalue weighted by Crippen LogP contribution is -2.43. The molecule has 10 heteroatoms. The van der Waals surface area contributed by atoms with Crippen molar-refractivity contribution < 1.29 is 47.1 Å². The predicted molar refractivity (Wildman–Crippen MR) is 256 cm³/mol. The van der Waals surface area contributed by atoms with Gasteiger partial charge in [0.1, 0.15) is 26.3 Å². The van der Waals surface area contributed by atoms with Crippen molar-refractivity contribution in [1.29, 1.82) is 0 Å². The van der Waals surface area contributed by atoms with Gasteiger partial charge in [0.2, 0.25) is 6.29 Å². The van der Waals surface area contributed by atoms with Crippen LogP contribution in [-0.2, 0) is 38.1 Å². The predicted octanol–water partition coefficient (Wildman–Crippen LogP) is 13.0. The van der Waals surface area contributed by atoms with Gasteiger partial charge in [-0.1, -0.05) is 161 Å². The Hall–Kier alpha value is -2.20. The van der Waals surface area contributed by atoms with Crippen LogP contribution in [0.2, 0.25) is 0 Å². The molecule has 62 heavy (non-hydrogen) atoms. The van der Waals surface area contributed by atoms with E-state index in [2.05, 4.69) is 35.1 Å². The van der Waals surface area contributed by atoms with Crippen LogP contribution in [-0.4, -0.2) is 107 Å². The highest BCUT2D eigenvalue weighted by Gasteiger charge is 2.19. The Morgan fingerprint density at radius 1 is 0.371 bits per heavy atom. The van der Waals surface area contributed by atoms with E-state index in [4.69, 9.17) is 18.9 Å². The molecule has 0 bridgehead atoms. The van der Waals surface area contributed by atoms with Crippen molar-refractivity contribution in [3.05, 3.63) is 0 Å². The van der Waals surface area contributed by atoms with Crippen molar-refractivity contribution in [2.45, 2.75) is 245 Å². The molecule has 0 saturated carbocycles. The van der Waals surface area contributed by atoms with Gasteiger partial charge in [0.25, 0.3) is 0 Å². The number of likely N-dealkylation sites (N-methyl/N-ethyl adjacent to an activating group) is 2. The lowest BCUT2D eigenvalue weighted by molar-refractivity contribution is -0.890. The number of nitrogens with zero attached hydrogens (tertiary/aromatic N) is 2. The van der Waals surface area contributed by atoms with Crippen LogP contribution in [0.4, 0.5) is 0 Å². The van der Waals surface area contributed by atoms with Crippen LogP contribution >= 0.6 is 0 Å². The zero-order valence-electron chi connectivity index (χ0n) is 42.0. The molecular formula is C52H102N2O8+2. The third kappa shape index (κ3) is 44.4. The summed E-state index contributed by atoms with van der Waals surface area (Å²) in [5.41, 5.74) is 0. The molecule has 0 rings (SSSR count). The molecule has 0 unspecified atom stereocenters. The molecule has 0 fully saturated rings. The topological polar surface area (TPSA) is 105 Å². The van der Waals surface area contributed by atoms with Gasteiger partial charge in [-0.3, -0.25) is 19.2 Å². The maximum atomic E-state index is 12.9. The largest absolute Gasteiger partial charge is 0.460 e. The number of ether oxygens (including phenoxy) is 4. The first-order chi connectivity index (χ1) is 29.8. The number of hydrogen-bond acceptors (Lipinski definition) is 8. The van der Waals surface area contributed by atoms with Gasteiger partial charge >= 0.3 is 23.9 Å². The second-order valence-electron chi connectivity index (χ2n) is 19.8. The molecule has 366 valence electrons. The normalized spacial score (nSPS) is 11.9. The van der Waals surface area contributed by atoms with E-state index >= 15 is 0 Å². The van der Waals surface area contributed by atoms with E-state index in [1.165, 1.54) is 162 Å². The number of unbranched alkanes of at least 4 members (excludes halogenated alkanes) is 28. The molecule has 0 aliphatic carbocycles. The van der Waals surface area contributed by atoms with Gasteiger partial charge in [-0.25, -0.2) is 0 Å². The van der Waals surface area contributed by atoms with Crippen molar-refractivity contribution in [1.82, 2.24) is 0 Å². The fourth-order valence-corrected chi connectivity index (χ4v) is 8.07. The Morgan fingerprint density at radius 3 is 0.952 bits per heavy atom. The monoisotopic (exact) mass is 883 g/mol. The van der Waals surface area contributed by atoms with E-state index < -0.39 is 6.29 Å². The first kappa shape index (κ1) is 59.8. The van der Waals surface area contributed by atoms with Gasteiger partial charge in [0.15, 0.2) is 0 Å². The summed E-state index contributed by atoms with van der Waals surface area (Å²) >= 11 is 0. The Kier molecular flexibility index (Phi) is 40.0. The first-order valence-electron chi connectivity index (χ1n) is 26.1. The minimum atomic E-state index is -0.765. The van der Waals surface area contributed by atoms with Gasteiger partial charge < -0.3 is 27.9 Å². The summed E-state index contributed by atoms with van der Waals surface area (Å²) in [6.45, 7) is 10.1. The van der Waals surface area contributed by atoms with E-state index in [1.807, 2.05) is 0 Å². The lowest BCUT2D eigenvalue weighted by atomic mass is 10.0. The average Bonchev–Trinajstić information content (AvgIpc) is 3.20. The minimum Gasteiger partial charge on any atom is -0.460 e. The maximum Gasteiger partial charge on any atom is 0.308 e. The molecule has 0 heterocycles. The highest BCUT2D eigenvalue weighted by molar-refractivity contribution is 5.71.